The molecular formula is C19H32O2S. The lowest BCUT2D eigenvalue weighted by Crippen LogP contribution is -2.19. The van der Waals surface area contributed by atoms with Gasteiger partial charge in [0, 0.05) is 10.8 Å². The lowest BCUT2D eigenvalue weighted by Gasteiger charge is -2.27. The molecule has 0 N–H and O–H groups in total. The van der Waals surface area contributed by atoms with E-state index in [0.717, 1.165) is 24.8 Å². The third-order valence-electron chi connectivity index (χ3n) is 4.73. The lowest BCUT2D eigenvalue weighted by atomic mass is 9.91. The Morgan fingerprint density at radius 2 is 2.18 bits per heavy atom. The molecule has 0 aromatic carbocycles. The van der Waals surface area contributed by atoms with E-state index in [-0.39, 0.29) is 5.97 Å². The van der Waals surface area contributed by atoms with Gasteiger partial charge in [0.05, 0.1) is 6.61 Å². The summed E-state index contributed by atoms with van der Waals surface area (Å²) >= 11 is 1.99. The van der Waals surface area contributed by atoms with Crippen LogP contribution in [-0.2, 0) is 9.53 Å². The van der Waals surface area contributed by atoms with Crippen LogP contribution in [0.5, 0.6) is 0 Å². The molecule has 0 aliphatic heterocycles. The number of ether oxygens (including phenoxy) is 1. The normalized spacial score (nSPS) is 20.6. The molecule has 2 unspecified atom stereocenters. The van der Waals surface area contributed by atoms with E-state index < -0.39 is 0 Å². The molecule has 1 aliphatic carbocycles. The van der Waals surface area contributed by atoms with Gasteiger partial charge >= 0.3 is 5.97 Å². The van der Waals surface area contributed by atoms with Crippen molar-refractivity contribution in [3.8, 4) is 0 Å². The Bertz CT molecular complexity index is 419. The summed E-state index contributed by atoms with van der Waals surface area (Å²) in [6.45, 7) is 9.30. The molecule has 0 saturated heterocycles. The van der Waals surface area contributed by atoms with Gasteiger partial charge in [-0.15, -0.1) is 0 Å². The highest BCUT2D eigenvalue weighted by molar-refractivity contribution is 7.99. The van der Waals surface area contributed by atoms with Crippen molar-refractivity contribution >= 4 is 17.7 Å². The summed E-state index contributed by atoms with van der Waals surface area (Å²) in [6.07, 6.45) is 13.1. The quantitative estimate of drug-likeness (QED) is 0.412. The van der Waals surface area contributed by atoms with Crippen LogP contribution in [0.25, 0.3) is 0 Å². The molecular weight excluding hydrogens is 292 g/mol. The van der Waals surface area contributed by atoms with Crippen molar-refractivity contribution in [2.75, 3.05) is 12.9 Å². The van der Waals surface area contributed by atoms with Gasteiger partial charge in [-0.25, -0.2) is 4.79 Å². The third-order valence-corrected chi connectivity index (χ3v) is 6.21. The molecule has 0 bridgehead atoms. The van der Waals surface area contributed by atoms with E-state index in [1.807, 2.05) is 18.7 Å². The summed E-state index contributed by atoms with van der Waals surface area (Å²) < 4.78 is 5.40. The van der Waals surface area contributed by atoms with Crippen LogP contribution < -0.4 is 0 Å². The largest absolute Gasteiger partial charge is 0.463 e. The van der Waals surface area contributed by atoms with Crippen LogP contribution in [0.2, 0.25) is 0 Å². The van der Waals surface area contributed by atoms with E-state index >= 15 is 0 Å². The van der Waals surface area contributed by atoms with Crippen LogP contribution in [0.1, 0.15) is 66.2 Å². The predicted octanol–water partition coefficient (Wildman–Crippen LogP) is 5.53. The molecule has 126 valence electrons. The number of carbonyl (C=O) groups is 1. The standard InChI is InChI=1S/C19H32O2S/c1-6-19(4,22-5)11-10-15(3)12-16-8-9-17(13-16)14-18(20)21-7-2/h13-15H,6-12H2,1-5H3. The highest BCUT2D eigenvalue weighted by atomic mass is 32.2. The zero-order valence-corrected chi connectivity index (χ0v) is 15.7. The van der Waals surface area contributed by atoms with Gasteiger partial charge in [0.25, 0.3) is 0 Å². The fourth-order valence-corrected chi connectivity index (χ4v) is 3.46. The smallest absolute Gasteiger partial charge is 0.331 e. The summed E-state index contributed by atoms with van der Waals surface area (Å²) in [4.78, 5) is 11.5. The van der Waals surface area contributed by atoms with Gasteiger partial charge in [0.1, 0.15) is 0 Å². The Morgan fingerprint density at radius 1 is 1.45 bits per heavy atom. The Kier molecular flexibility index (Phi) is 8.30. The van der Waals surface area contributed by atoms with Crippen molar-refractivity contribution in [3.05, 3.63) is 23.3 Å². The molecule has 0 radical (unpaired) electrons. The highest BCUT2D eigenvalue weighted by Crippen LogP contribution is 2.35. The van der Waals surface area contributed by atoms with Crippen molar-refractivity contribution in [2.45, 2.75) is 71.0 Å². The summed E-state index contributed by atoms with van der Waals surface area (Å²) in [6, 6.07) is 0. The van der Waals surface area contributed by atoms with Gasteiger partial charge in [-0.1, -0.05) is 32.4 Å². The maximum atomic E-state index is 11.5. The molecule has 0 spiro atoms. The monoisotopic (exact) mass is 324 g/mol. The average molecular weight is 325 g/mol. The van der Waals surface area contributed by atoms with Crippen LogP contribution in [0, 0.1) is 5.92 Å². The zero-order chi connectivity index (χ0) is 16.6. The minimum Gasteiger partial charge on any atom is -0.463 e. The van der Waals surface area contributed by atoms with Crippen LogP contribution in [0.15, 0.2) is 23.3 Å². The molecule has 0 amide bonds. The van der Waals surface area contributed by atoms with Crippen molar-refractivity contribution in [3.63, 3.8) is 0 Å². The van der Waals surface area contributed by atoms with E-state index in [1.165, 1.54) is 24.8 Å². The molecule has 2 atom stereocenters. The minimum absolute atomic E-state index is 0.207. The SMILES string of the molecule is CCOC(=O)C=C1C=C(CC(C)CCC(C)(CC)SC)CC1. The van der Waals surface area contributed by atoms with Gasteiger partial charge in [-0.05, 0) is 63.2 Å². The Hall–Kier alpha value is -0.700. The fraction of sp³-hybridized carbons (Fsp3) is 0.737. The summed E-state index contributed by atoms with van der Waals surface area (Å²) in [5.41, 5.74) is 2.62. The van der Waals surface area contributed by atoms with Crippen molar-refractivity contribution in [1.82, 2.24) is 0 Å². The number of thioether (sulfide) groups is 1. The third kappa shape index (κ3) is 6.60. The maximum Gasteiger partial charge on any atom is 0.331 e. The molecule has 0 heterocycles. The van der Waals surface area contributed by atoms with E-state index in [9.17, 15) is 4.79 Å². The van der Waals surface area contributed by atoms with Crippen LogP contribution in [0.3, 0.4) is 0 Å². The minimum atomic E-state index is -0.207. The maximum absolute atomic E-state index is 11.5. The van der Waals surface area contributed by atoms with Gasteiger partial charge in [0.15, 0.2) is 0 Å². The first-order valence-corrected chi connectivity index (χ1v) is 9.76. The molecule has 0 fully saturated rings. The first-order valence-electron chi connectivity index (χ1n) is 8.54. The first-order chi connectivity index (χ1) is 10.4. The Labute approximate surface area is 140 Å². The highest BCUT2D eigenvalue weighted by Gasteiger charge is 2.22. The van der Waals surface area contributed by atoms with Gasteiger partial charge in [-0.3, -0.25) is 0 Å². The summed E-state index contributed by atoms with van der Waals surface area (Å²) in [5, 5.41) is 0. The van der Waals surface area contributed by atoms with Gasteiger partial charge in [-0.2, -0.15) is 11.8 Å². The number of rotatable bonds is 9. The number of carbonyl (C=O) groups excluding carboxylic acids is 1. The fourth-order valence-electron chi connectivity index (χ4n) is 2.85. The second kappa shape index (κ2) is 9.44. The molecule has 0 saturated carbocycles. The number of allylic oxidation sites excluding steroid dienone is 3. The number of esters is 1. The summed E-state index contributed by atoms with van der Waals surface area (Å²) in [7, 11) is 0. The Morgan fingerprint density at radius 3 is 2.77 bits per heavy atom. The molecule has 0 aromatic heterocycles. The molecule has 1 rings (SSSR count). The van der Waals surface area contributed by atoms with Crippen molar-refractivity contribution < 1.29 is 9.53 Å². The van der Waals surface area contributed by atoms with Crippen molar-refractivity contribution in [1.29, 1.82) is 0 Å². The second-order valence-corrected chi connectivity index (χ2v) is 8.02. The molecule has 0 aromatic rings. The van der Waals surface area contributed by atoms with E-state index in [0.29, 0.717) is 17.3 Å². The van der Waals surface area contributed by atoms with E-state index in [4.69, 9.17) is 4.74 Å². The average Bonchev–Trinajstić information content (AvgIpc) is 2.92. The Balaban J connectivity index is 2.45. The van der Waals surface area contributed by atoms with Gasteiger partial charge in [0.2, 0.25) is 0 Å². The van der Waals surface area contributed by atoms with E-state index in [1.54, 1.807) is 6.08 Å². The topological polar surface area (TPSA) is 26.3 Å². The zero-order valence-electron chi connectivity index (χ0n) is 14.9. The molecule has 2 nitrogen and oxygen atoms in total. The van der Waals surface area contributed by atoms with Crippen LogP contribution >= 0.6 is 11.8 Å². The summed E-state index contributed by atoms with van der Waals surface area (Å²) in [5.74, 6) is 0.507. The van der Waals surface area contributed by atoms with Gasteiger partial charge < -0.3 is 4.74 Å². The second-order valence-electron chi connectivity index (χ2n) is 6.63. The molecule has 3 heteroatoms. The molecule has 1 aliphatic rings. The van der Waals surface area contributed by atoms with E-state index in [2.05, 4.69) is 33.1 Å². The molecule has 22 heavy (non-hydrogen) atoms. The first kappa shape index (κ1) is 19.3. The predicted molar refractivity (Wildman–Crippen MR) is 97.3 cm³/mol. The number of hydrogen-bond donors (Lipinski definition) is 0. The van der Waals surface area contributed by atoms with Crippen LogP contribution in [-0.4, -0.2) is 23.6 Å². The number of hydrogen-bond acceptors (Lipinski definition) is 3. The lowest BCUT2D eigenvalue weighted by molar-refractivity contribution is -0.137. The van der Waals surface area contributed by atoms with Crippen molar-refractivity contribution in [2.24, 2.45) is 5.92 Å². The van der Waals surface area contributed by atoms with Crippen LogP contribution in [0.4, 0.5) is 0 Å².